The van der Waals surface area contributed by atoms with Gasteiger partial charge in [-0.25, -0.2) is 0 Å². The molecule has 2 unspecified atom stereocenters. The number of amides is 1. The van der Waals surface area contributed by atoms with Crippen molar-refractivity contribution in [3.63, 3.8) is 0 Å². The molecule has 0 spiro atoms. The van der Waals surface area contributed by atoms with Gasteiger partial charge in [-0.05, 0) is 37.8 Å². The fourth-order valence-corrected chi connectivity index (χ4v) is 2.64. The number of rotatable bonds is 4. The zero-order valence-corrected chi connectivity index (χ0v) is 12.4. The predicted octanol–water partition coefficient (Wildman–Crippen LogP) is 2.62. The minimum atomic E-state index is -0.457. The second kappa shape index (κ2) is 6.67. The molecular weight excluding hydrogens is 270 g/mol. The van der Waals surface area contributed by atoms with Gasteiger partial charge in [-0.3, -0.25) is 14.9 Å². The molecule has 1 saturated heterocycles. The normalized spacial score (nSPS) is 21.8. The van der Waals surface area contributed by atoms with Crippen molar-refractivity contribution in [3.05, 3.63) is 33.9 Å². The lowest BCUT2D eigenvalue weighted by atomic mass is 9.90. The van der Waals surface area contributed by atoms with Crippen molar-refractivity contribution in [2.75, 3.05) is 11.9 Å². The Bertz CT molecular complexity index is 545. The summed E-state index contributed by atoms with van der Waals surface area (Å²) in [6.07, 6.45) is 2.98. The van der Waals surface area contributed by atoms with E-state index in [1.165, 1.54) is 12.1 Å². The van der Waals surface area contributed by atoms with E-state index in [1.54, 1.807) is 6.07 Å². The number of anilines is 1. The summed E-state index contributed by atoms with van der Waals surface area (Å²) in [4.78, 5) is 22.7. The van der Waals surface area contributed by atoms with E-state index in [1.807, 2.05) is 6.92 Å². The second-order valence-electron chi connectivity index (χ2n) is 5.55. The number of nitro groups is 1. The highest BCUT2D eigenvalue weighted by atomic mass is 16.6. The lowest BCUT2D eigenvalue weighted by Crippen LogP contribution is -2.46. The summed E-state index contributed by atoms with van der Waals surface area (Å²) in [5.41, 5.74) is 1.31. The van der Waals surface area contributed by atoms with Crippen LogP contribution in [0.4, 0.5) is 11.4 Å². The summed E-state index contributed by atoms with van der Waals surface area (Å²) >= 11 is 0. The van der Waals surface area contributed by atoms with Gasteiger partial charge >= 0.3 is 0 Å². The third kappa shape index (κ3) is 3.78. The number of nitro benzene ring substituents is 1. The van der Waals surface area contributed by atoms with Crippen LogP contribution in [-0.4, -0.2) is 23.4 Å². The number of hydrogen-bond donors (Lipinski definition) is 2. The molecule has 1 aromatic carbocycles. The number of benzene rings is 1. The van der Waals surface area contributed by atoms with Crippen molar-refractivity contribution < 1.29 is 9.72 Å². The number of nitrogens with zero attached hydrogens (tertiary/aromatic N) is 1. The number of piperidine rings is 1. The Morgan fingerprint density at radius 1 is 1.52 bits per heavy atom. The average molecular weight is 291 g/mol. The minimum absolute atomic E-state index is 0.0149. The van der Waals surface area contributed by atoms with Crippen molar-refractivity contribution >= 4 is 17.3 Å². The first kappa shape index (κ1) is 15.4. The van der Waals surface area contributed by atoms with Crippen molar-refractivity contribution in [3.8, 4) is 0 Å². The van der Waals surface area contributed by atoms with Crippen LogP contribution in [-0.2, 0) is 4.79 Å². The molecule has 6 nitrogen and oxygen atoms in total. The molecule has 2 N–H and O–H groups in total. The van der Waals surface area contributed by atoms with E-state index in [2.05, 4.69) is 17.6 Å². The van der Waals surface area contributed by atoms with Crippen LogP contribution < -0.4 is 10.6 Å². The first-order valence-corrected chi connectivity index (χ1v) is 7.30. The Labute approximate surface area is 124 Å². The largest absolute Gasteiger partial charge is 0.324 e. The van der Waals surface area contributed by atoms with Gasteiger partial charge in [0.1, 0.15) is 0 Å². The number of non-ortho nitro benzene ring substituents is 1. The Balaban J connectivity index is 2.08. The zero-order valence-electron chi connectivity index (χ0n) is 12.4. The summed E-state index contributed by atoms with van der Waals surface area (Å²) in [5.74, 6) is 0.449. The minimum Gasteiger partial charge on any atom is -0.324 e. The highest BCUT2D eigenvalue weighted by Gasteiger charge is 2.26. The van der Waals surface area contributed by atoms with Crippen LogP contribution in [0.2, 0.25) is 0 Å². The number of hydrogen-bond acceptors (Lipinski definition) is 4. The lowest BCUT2D eigenvalue weighted by Gasteiger charge is -2.29. The van der Waals surface area contributed by atoms with Crippen molar-refractivity contribution in [1.82, 2.24) is 5.32 Å². The summed E-state index contributed by atoms with van der Waals surface area (Å²) in [5, 5.41) is 16.8. The van der Waals surface area contributed by atoms with Crippen molar-refractivity contribution in [2.24, 2.45) is 5.92 Å². The van der Waals surface area contributed by atoms with E-state index in [0.717, 1.165) is 31.4 Å². The summed E-state index contributed by atoms with van der Waals surface area (Å²) < 4.78 is 0. The van der Waals surface area contributed by atoms with E-state index in [-0.39, 0.29) is 17.6 Å². The molecule has 0 saturated carbocycles. The molecule has 1 aromatic rings. The maximum Gasteiger partial charge on any atom is 0.271 e. The third-order valence-corrected chi connectivity index (χ3v) is 4.10. The first-order valence-electron chi connectivity index (χ1n) is 7.30. The zero-order chi connectivity index (χ0) is 15.4. The lowest BCUT2D eigenvalue weighted by molar-refractivity contribution is -0.384. The van der Waals surface area contributed by atoms with Gasteiger partial charge < -0.3 is 10.6 Å². The maximum absolute atomic E-state index is 12.3. The average Bonchev–Trinajstić information content (AvgIpc) is 2.49. The predicted molar refractivity (Wildman–Crippen MR) is 81.3 cm³/mol. The van der Waals surface area contributed by atoms with Gasteiger partial charge in [0.25, 0.3) is 5.69 Å². The van der Waals surface area contributed by atoms with E-state index in [4.69, 9.17) is 0 Å². The SMILES string of the molecule is CCC1CCNC(C(=O)Nc2cc([N+](=O)[O-])ccc2C)C1. The first-order chi connectivity index (χ1) is 10.0. The van der Waals surface area contributed by atoms with Gasteiger partial charge in [-0.15, -0.1) is 0 Å². The molecule has 114 valence electrons. The Kier molecular flexibility index (Phi) is 4.90. The summed E-state index contributed by atoms with van der Waals surface area (Å²) in [6, 6.07) is 4.28. The molecule has 1 amide bonds. The van der Waals surface area contributed by atoms with Gasteiger partial charge in [-0.2, -0.15) is 0 Å². The standard InChI is InChI=1S/C15H21N3O3/c1-3-11-6-7-16-14(8-11)15(19)17-13-9-12(18(20)21)5-4-10(13)2/h4-5,9,11,14,16H,3,6-8H2,1-2H3,(H,17,19). The number of nitrogens with one attached hydrogen (secondary N) is 2. The van der Waals surface area contributed by atoms with Gasteiger partial charge in [0.05, 0.1) is 16.7 Å². The maximum atomic E-state index is 12.3. The van der Waals surface area contributed by atoms with Crippen molar-refractivity contribution in [1.29, 1.82) is 0 Å². The monoisotopic (exact) mass is 291 g/mol. The number of aryl methyl sites for hydroxylation is 1. The fourth-order valence-electron chi connectivity index (χ4n) is 2.64. The molecule has 1 aliphatic heterocycles. The van der Waals surface area contributed by atoms with Gasteiger partial charge in [0.15, 0.2) is 0 Å². The van der Waals surface area contributed by atoms with Crippen molar-refractivity contribution in [2.45, 2.75) is 39.2 Å². The Hall–Kier alpha value is -1.95. The molecule has 2 rings (SSSR count). The van der Waals surface area contributed by atoms with E-state index in [9.17, 15) is 14.9 Å². The van der Waals surface area contributed by atoms with E-state index >= 15 is 0 Å². The Morgan fingerprint density at radius 3 is 2.95 bits per heavy atom. The number of carbonyl (C=O) groups excluding carboxylic acids is 1. The van der Waals surface area contributed by atoms with Crippen LogP contribution >= 0.6 is 0 Å². The van der Waals surface area contributed by atoms with E-state index in [0.29, 0.717) is 11.6 Å². The van der Waals surface area contributed by atoms with Crippen LogP contribution in [0.5, 0.6) is 0 Å². The molecule has 2 atom stereocenters. The molecule has 21 heavy (non-hydrogen) atoms. The molecule has 1 aliphatic rings. The molecule has 0 radical (unpaired) electrons. The smallest absolute Gasteiger partial charge is 0.271 e. The highest BCUT2D eigenvalue weighted by molar-refractivity contribution is 5.95. The van der Waals surface area contributed by atoms with E-state index < -0.39 is 4.92 Å². The second-order valence-corrected chi connectivity index (χ2v) is 5.55. The van der Waals surface area contributed by atoms with Crippen LogP contribution in [0.15, 0.2) is 18.2 Å². The quantitative estimate of drug-likeness (QED) is 0.659. The molecule has 0 aromatic heterocycles. The van der Waals surface area contributed by atoms with Crippen LogP contribution in [0.1, 0.15) is 31.7 Å². The highest BCUT2D eigenvalue weighted by Crippen LogP contribution is 2.24. The van der Waals surface area contributed by atoms with Crippen LogP contribution in [0, 0.1) is 23.0 Å². The molecule has 0 bridgehead atoms. The van der Waals surface area contributed by atoms with Gasteiger partial charge in [-0.1, -0.05) is 19.4 Å². The molecular formula is C15H21N3O3. The summed E-state index contributed by atoms with van der Waals surface area (Å²) in [7, 11) is 0. The molecule has 6 heteroatoms. The molecule has 1 heterocycles. The fraction of sp³-hybridized carbons (Fsp3) is 0.533. The van der Waals surface area contributed by atoms with Crippen LogP contribution in [0.25, 0.3) is 0 Å². The summed E-state index contributed by atoms with van der Waals surface area (Å²) in [6.45, 7) is 4.79. The van der Waals surface area contributed by atoms with Gasteiger partial charge in [0.2, 0.25) is 5.91 Å². The molecule has 0 aliphatic carbocycles. The Morgan fingerprint density at radius 2 is 2.29 bits per heavy atom. The molecule has 1 fully saturated rings. The number of carbonyl (C=O) groups is 1. The topological polar surface area (TPSA) is 84.3 Å². The van der Waals surface area contributed by atoms with Gasteiger partial charge in [0, 0.05) is 12.1 Å². The van der Waals surface area contributed by atoms with Crippen LogP contribution in [0.3, 0.4) is 0 Å². The third-order valence-electron chi connectivity index (χ3n) is 4.10.